The van der Waals surface area contributed by atoms with E-state index in [1.54, 1.807) is 11.0 Å². The van der Waals surface area contributed by atoms with Crippen molar-refractivity contribution in [2.24, 2.45) is 5.92 Å². The molecule has 0 saturated carbocycles. The summed E-state index contributed by atoms with van der Waals surface area (Å²) < 4.78 is 0. The van der Waals surface area contributed by atoms with E-state index in [4.69, 9.17) is 5.11 Å². The van der Waals surface area contributed by atoms with Crippen molar-refractivity contribution >= 4 is 11.9 Å². The van der Waals surface area contributed by atoms with E-state index in [1.165, 1.54) is 0 Å². The molecule has 1 N–H and O–H groups in total. The van der Waals surface area contributed by atoms with Crippen molar-refractivity contribution < 1.29 is 14.7 Å². The molecular formula is C13H15NO3. The molecule has 0 aromatic heterocycles. The zero-order valence-electron chi connectivity index (χ0n) is 9.72. The Morgan fingerprint density at radius 3 is 2.65 bits per heavy atom. The maximum absolute atomic E-state index is 12.2. The van der Waals surface area contributed by atoms with Crippen molar-refractivity contribution in [2.75, 3.05) is 13.1 Å². The topological polar surface area (TPSA) is 57.6 Å². The Morgan fingerprint density at radius 2 is 2.06 bits per heavy atom. The van der Waals surface area contributed by atoms with Crippen LogP contribution in [-0.4, -0.2) is 35.0 Å². The number of rotatable bonds is 2. The molecule has 4 heteroatoms. The fourth-order valence-electron chi connectivity index (χ4n) is 2.13. The predicted molar refractivity (Wildman–Crippen MR) is 62.8 cm³/mol. The molecule has 1 aromatic carbocycles. The van der Waals surface area contributed by atoms with Gasteiger partial charge in [-0.1, -0.05) is 18.2 Å². The Kier molecular flexibility index (Phi) is 3.13. The first-order valence-electron chi connectivity index (χ1n) is 5.67. The number of aryl methyl sites for hydroxylation is 1. The van der Waals surface area contributed by atoms with Crippen LogP contribution in [-0.2, 0) is 4.79 Å². The van der Waals surface area contributed by atoms with Crippen molar-refractivity contribution in [3.8, 4) is 0 Å². The lowest BCUT2D eigenvalue weighted by Gasteiger charge is -2.17. The molecule has 1 saturated heterocycles. The van der Waals surface area contributed by atoms with E-state index in [0.717, 1.165) is 5.56 Å². The molecule has 17 heavy (non-hydrogen) atoms. The normalized spacial score (nSPS) is 19.4. The fourth-order valence-corrected chi connectivity index (χ4v) is 2.13. The van der Waals surface area contributed by atoms with Gasteiger partial charge in [0.1, 0.15) is 0 Å². The average molecular weight is 233 g/mol. The van der Waals surface area contributed by atoms with Crippen LogP contribution in [0.4, 0.5) is 0 Å². The van der Waals surface area contributed by atoms with Gasteiger partial charge in [-0.2, -0.15) is 0 Å². The van der Waals surface area contributed by atoms with Crippen LogP contribution in [0.5, 0.6) is 0 Å². The minimum absolute atomic E-state index is 0.0631. The van der Waals surface area contributed by atoms with Crippen LogP contribution in [0.1, 0.15) is 22.3 Å². The van der Waals surface area contributed by atoms with Gasteiger partial charge in [0.2, 0.25) is 0 Å². The minimum atomic E-state index is -0.815. The number of carboxylic acid groups (broad SMARTS) is 1. The Bertz CT molecular complexity index is 456. The first-order chi connectivity index (χ1) is 8.09. The smallest absolute Gasteiger partial charge is 0.308 e. The van der Waals surface area contributed by atoms with Gasteiger partial charge >= 0.3 is 5.97 Å². The van der Waals surface area contributed by atoms with Gasteiger partial charge in [0.05, 0.1) is 5.92 Å². The molecule has 0 spiro atoms. The van der Waals surface area contributed by atoms with Gasteiger partial charge in [-0.15, -0.1) is 0 Å². The molecule has 0 unspecified atom stereocenters. The second-order valence-corrected chi connectivity index (χ2v) is 4.39. The van der Waals surface area contributed by atoms with Gasteiger partial charge in [0.25, 0.3) is 5.91 Å². The zero-order chi connectivity index (χ0) is 12.4. The molecular weight excluding hydrogens is 218 g/mol. The Balaban J connectivity index is 2.13. The number of likely N-dealkylation sites (tertiary alicyclic amines) is 1. The average Bonchev–Trinajstić information content (AvgIpc) is 2.78. The van der Waals surface area contributed by atoms with Crippen LogP contribution in [0.3, 0.4) is 0 Å². The quantitative estimate of drug-likeness (QED) is 0.843. The van der Waals surface area contributed by atoms with Gasteiger partial charge in [-0.3, -0.25) is 9.59 Å². The largest absolute Gasteiger partial charge is 0.481 e. The summed E-state index contributed by atoms with van der Waals surface area (Å²) >= 11 is 0. The summed E-state index contributed by atoms with van der Waals surface area (Å²) in [6, 6.07) is 7.38. The maximum Gasteiger partial charge on any atom is 0.308 e. The summed E-state index contributed by atoms with van der Waals surface area (Å²) in [6.07, 6.45) is 0.549. The first-order valence-corrected chi connectivity index (χ1v) is 5.67. The van der Waals surface area contributed by atoms with Gasteiger partial charge in [0, 0.05) is 18.7 Å². The van der Waals surface area contributed by atoms with E-state index < -0.39 is 11.9 Å². The van der Waals surface area contributed by atoms with Crippen molar-refractivity contribution in [3.05, 3.63) is 35.4 Å². The molecule has 1 aliphatic rings. The highest BCUT2D eigenvalue weighted by Crippen LogP contribution is 2.20. The fraction of sp³-hybridized carbons (Fsp3) is 0.385. The number of aliphatic carboxylic acids is 1. The number of amides is 1. The highest BCUT2D eigenvalue weighted by Gasteiger charge is 2.31. The van der Waals surface area contributed by atoms with Crippen LogP contribution in [0.15, 0.2) is 24.3 Å². The standard InChI is InChI=1S/C13H15NO3/c1-9-4-2-3-5-11(9)12(15)14-7-6-10(8-14)13(16)17/h2-5,10H,6-8H2,1H3,(H,16,17)/t10-/m1/s1. The SMILES string of the molecule is Cc1ccccc1C(=O)N1CC[C@@H](C(=O)O)C1. The molecule has 1 fully saturated rings. The third kappa shape index (κ3) is 2.30. The molecule has 4 nitrogen and oxygen atoms in total. The maximum atomic E-state index is 12.2. The summed E-state index contributed by atoms with van der Waals surface area (Å²) in [5.41, 5.74) is 1.59. The number of nitrogens with zero attached hydrogens (tertiary/aromatic N) is 1. The Morgan fingerprint density at radius 1 is 1.35 bits per heavy atom. The van der Waals surface area contributed by atoms with Crippen LogP contribution in [0.25, 0.3) is 0 Å². The molecule has 1 atom stereocenters. The van der Waals surface area contributed by atoms with E-state index in [2.05, 4.69) is 0 Å². The van der Waals surface area contributed by atoms with E-state index >= 15 is 0 Å². The van der Waals surface area contributed by atoms with Gasteiger partial charge in [-0.25, -0.2) is 0 Å². The highest BCUT2D eigenvalue weighted by molar-refractivity contribution is 5.96. The molecule has 0 aliphatic carbocycles. The number of hydrogen-bond acceptors (Lipinski definition) is 2. The number of benzene rings is 1. The highest BCUT2D eigenvalue weighted by atomic mass is 16.4. The lowest BCUT2D eigenvalue weighted by Crippen LogP contribution is -2.30. The lowest BCUT2D eigenvalue weighted by molar-refractivity contribution is -0.141. The van der Waals surface area contributed by atoms with Crippen LogP contribution >= 0.6 is 0 Å². The van der Waals surface area contributed by atoms with Crippen LogP contribution in [0.2, 0.25) is 0 Å². The van der Waals surface area contributed by atoms with Crippen molar-refractivity contribution in [3.63, 3.8) is 0 Å². The number of carboxylic acids is 1. The van der Waals surface area contributed by atoms with Gasteiger partial charge in [-0.05, 0) is 25.0 Å². The van der Waals surface area contributed by atoms with Gasteiger partial charge < -0.3 is 10.0 Å². The third-order valence-corrected chi connectivity index (χ3v) is 3.20. The van der Waals surface area contributed by atoms with E-state index in [-0.39, 0.29) is 5.91 Å². The molecule has 1 aromatic rings. The number of carbonyl (C=O) groups excluding carboxylic acids is 1. The Labute approximate surface area is 99.9 Å². The zero-order valence-corrected chi connectivity index (χ0v) is 9.72. The molecule has 2 rings (SSSR count). The van der Waals surface area contributed by atoms with Crippen LogP contribution < -0.4 is 0 Å². The minimum Gasteiger partial charge on any atom is -0.481 e. The van der Waals surface area contributed by atoms with Gasteiger partial charge in [0.15, 0.2) is 0 Å². The monoisotopic (exact) mass is 233 g/mol. The van der Waals surface area contributed by atoms with Crippen molar-refractivity contribution in [2.45, 2.75) is 13.3 Å². The third-order valence-electron chi connectivity index (χ3n) is 3.20. The molecule has 1 aliphatic heterocycles. The summed E-state index contributed by atoms with van der Waals surface area (Å²) in [5, 5.41) is 8.90. The summed E-state index contributed by atoms with van der Waals surface area (Å²) in [4.78, 5) is 24.6. The van der Waals surface area contributed by atoms with Crippen molar-refractivity contribution in [1.29, 1.82) is 0 Å². The summed E-state index contributed by atoms with van der Waals surface area (Å²) in [7, 11) is 0. The van der Waals surface area contributed by atoms with Crippen LogP contribution in [0, 0.1) is 12.8 Å². The second kappa shape index (κ2) is 4.57. The van der Waals surface area contributed by atoms with E-state index in [0.29, 0.717) is 25.1 Å². The molecule has 1 amide bonds. The summed E-state index contributed by atoms with van der Waals surface area (Å²) in [6.45, 7) is 2.74. The number of hydrogen-bond donors (Lipinski definition) is 1. The molecule has 90 valence electrons. The molecule has 1 heterocycles. The first kappa shape index (κ1) is 11.6. The van der Waals surface area contributed by atoms with E-state index in [9.17, 15) is 9.59 Å². The Hall–Kier alpha value is -1.84. The second-order valence-electron chi connectivity index (χ2n) is 4.39. The molecule has 0 radical (unpaired) electrons. The van der Waals surface area contributed by atoms with Crippen molar-refractivity contribution in [1.82, 2.24) is 4.90 Å². The molecule has 0 bridgehead atoms. The van der Waals surface area contributed by atoms with E-state index in [1.807, 2.05) is 25.1 Å². The summed E-state index contributed by atoms with van der Waals surface area (Å²) in [5.74, 6) is -1.29. The lowest BCUT2D eigenvalue weighted by atomic mass is 10.1. The number of carbonyl (C=O) groups is 2. The predicted octanol–water partition coefficient (Wildman–Crippen LogP) is 1.54.